The van der Waals surface area contributed by atoms with Crippen molar-refractivity contribution in [2.75, 3.05) is 13.6 Å². The molecule has 0 aliphatic carbocycles. The largest absolute Gasteiger partial charge is 0.541 e. The van der Waals surface area contributed by atoms with Gasteiger partial charge in [0.05, 0.1) is 5.56 Å². The third kappa shape index (κ3) is 18.7. The Balaban J connectivity index is 0.995. The van der Waals surface area contributed by atoms with Crippen LogP contribution >= 0.6 is 0 Å². The van der Waals surface area contributed by atoms with Crippen molar-refractivity contribution >= 4 is 39.8 Å². The van der Waals surface area contributed by atoms with E-state index in [9.17, 15) is 10.2 Å². The predicted octanol–water partition coefficient (Wildman–Crippen LogP) is 22.2. The number of carbonyl (C=O) groups is 4. The summed E-state index contributed by atoms with van der Waals surface area (Å²) in [4.78, 5) is 73.5. The van der Waals surface area contributed by atoms with Crippen LogP contribution < -0.4 is 56.2 Å². The summed E-state index contributed by atoms with van der Waals surface area (Å²) in [5.74, 6) is -10.7. The number of ether oxygens (including phenoxy) is 11. The van der Waals surface area contributed by atoms with Gasteiger partial charge in [-0.3, -0.25) is 19.2 Å². The smallest absolute Gasteiger partial charge is 0.250 e. The molecular formula is C114H108O22Si2. The Morgan fingerprint density at radius 2 is 0.623 bits per heavy atom. The van der Waals surface area contributed by atoms with E-state index in [0.29, 0.717) is 61.2 Å². The lowest BCUT2D eigenvalue weighted by atomic mass is 9.57. The second kappa shape index (κ2) is 39.7. The Morgan fingerprint density at radius 3 is 0.957 bits per heavy atom. The van der Waals surface area contributed by atoms with Crippen molar-refractivity contribution in [1.82, 2.24) is 0 Å². The molecule has 22 nitrogen and oxygen atoms in total. The normalized spacial score (nSPS) is 17.4. The van der Waals surface area contributed by atoms with Gasteiger partial charge in [-0.1, -0.05) is 345 Å². The molecule has 6 atom stereocenters. The lowest BCUT2D eigenvalue weighted by molar-refractivity contribution is -0.338. The molecule has 4 bridgehead atoms. The van der Waals surface area contributed by atoms with Crippen LogP contribution in [0.2, 0.25) is 36.3 Å². The van der Waals surface area contributed by atoms with Crippen molar-refractivity contribution in [3.8, 4) is 114 Å². The van der Waals surface area contributed by atoms with Crippen LogP contribution in [0, 0.1) is 0 Å². The van der Waals surface area contributed by atoms with Gasteiger partial charge in [-0.25, -0.2) is 0 Å². The van der Waals surface area contributed by atoms with Crippen LogP contribution in [0.4, 0.5) is 0 Å². The molecule has 14 aromatic rings. The van der Waals surface area contributed by atoms with E-state index in [0.717, 1.165) is 24.3 Å². The van der Waals surface area contributed by atoms with Gasteiger partial charge in [-0.15, -0.1) is 0 Å². The van der Waals surface area contributed by atoms with E-state index < -0.39 is 132 Å². The molecule has 1 saturated heterocycles. The number of rotatable bonds is 35. The van der Waals surface area contributed by atoms with Gasteiger partial charge in [0, 0.05) is 33.4 Å². The van der Waals surface area contributed by atoms with E-state index in [-0.39, 0.29) is 114 Å². The third-order valence-corrected chi connectivity index (χ3v) is 34.9. The molecule has 3 aliphatic heterocycles. The number of Topliss-reactive ketones (excluding diaryl/α,β-unsaturated/α-hetero) is 4. The van der Waals surface area contributed by atoms with E-state index in [1.54, 1.807) is 200 Å². The number of hydrogen-bond donors (Lipinski definition) is 5. The topological polar surface area (TPSA) is 289 Å². The van der Waals surface area contributed by atoms with Gasteiger partial charge >= 0.3 is 0 Å². The fraction of sp³-hybridized carbons (Fsp3) is 0.228. The summed E-state index contributed by atoms with van der Waals surface area (Å²) in [6.07, 6.45) is -9.84. The summed E-state index contributed by atoms with van der Waals surface area (Å²) in [6.45, 7) is 17.3. The first-order chi connectivity index (χ1) is 66.4. The van der Waals surface area contributed by atoms with Crippen LogP contribution in [0.3, 0.4) is 0 Å². The predicted molar refractivity (Wildman–Crippen MR) is 529 cm³/mol. The summed E-state index contributed by atoms with van der Waals surface area (Å²) in [6, 6.07) is 94.0. The van der Waals surface area contributed by atoms with Crippen molar-refractivity contribution < 1.29 is 106 Å². The molecule has 3 aliphatic rings. The zero-order valence-electron chi connectivity index (χ0n) is 78.2. The maximum atomic E-state index is 19.0. The van der Waals surface area contributed by atoms with Crippen molar-refractivity contribution in [1.29, 1.82) is 0 Å². The second-order valence-corrected chi connectivity index (χ2v) is 46.9. The van der Waals surface area contributed by atoms with Gasteiger partial charge in [0.1, 0.15) is 62.8 Å². The van der Waals surface area contributed by atoms with Gasteiger partial charge in [-0.05, 0) is 116 Å². The lowest BCUT2D eigenvalue weighted by Gasteiger charge is -2.57. The second-order valence-electron chi connectivity index (χ2n) is 37.4. The summed E-state index contributed by atoms with van der Waals surface area (Å²) in [7, 11) is -6.53. The highest BCUT2D eigenvalue weighted by atomic mass is 28.4. The highest BCUT2D eigenvalue weighted by molar-refractivity contribution is 6.75. The minimum atomic E-state index is -4.90. The first-order valence-electron chi connectivity index (χ1n) is 45.7. The molecule has 17 rings (SSSR count). The number of aliphatic hydroxyl groups is 5. The van der Waals surface area contributed by atoms with E-state index in [1.165, 1.54) is 0 Å². The molecule has 3 heterocycles. The van der Waals surface area contributed by atoms with Gasteiger partial charge in [0.25, 0.3) is 16.6 Å². The Kier molecular flexibility index (Phi) is 27.4. The average Bonchev–Trinajstić information content (AvgIpc) is 0.666. The fourth-order valence-corrected chi connectivity index (χ4v) is 18.9. The minimum absolute atomic E-state index is 0.0255. The Labute approximate surface area is 803 Å². The van der Waals surface area contributed by atoms with E-state index in [2.05, 4.69) is 0 Å². The molecule has 1 fully saturated rings. The standard InChI is InChI=1S/C114H108O22Si2/c1-110(2,3)137(7,8)135-103-91(81-57-37-19-38-58-81)89(79-53-33-17-34-54-79)99-93(101(103)132-71-130-99)95(115)96(116)108-112(121,107(119)94-100-90(80-55-35-18-36-56-80)92(82-59-39-20-40-60-82)104(102(94)133-72-131-100)136-138(9,10)111(4,5)6)114(123,106(118)84-63-87(126-67-75-45-25-13-26-46-75)98(129-70-78-51-31-16-32-52-78)88(64-84)127-68-76-47-27-14-28-48-76)113(122,109(120)134-108)105(117)83-61-85(124-65-73-41-21-11-22-42-73)97(128-69-77-49-29-15-30-50-77)86(62-83)125-66-74-43-23-12-24-44-74/h11-64,95,108-109,115,120-123H,65-72H2,1-10H3/t95?,108-,109-,112-,113+,114+/m1/s1. The van der Waals surface area contributed by atoms with E-state index in [4.69, 9.17) is 61.0 Å². The molecule has 0 radical (unpaired) electrons. The lowest BCUT2D eigenvalue weighted by Crippen LogP contribution is -2.87. The number of benzene rings is 14. The maximum absolute atomic E-state index is 19.0. The highest BCUT2D eigenvalue weighted by Crippen LogP contribution is 2.63. The van der Waals surface area contributed by atoms with Crippen molar-refractivity contribution in [2.24, 2.45) is 0 Å². The van der Waals surface area contributed by atoms with Crippen molar-refractivity contribution in [3.05, 3.63) is 383 Å². The van der Waals surface area contributed by atoms with Crippen LogP contribution in [0.5, 0.6) is 69.0 Å². The maximum Gasteiger partial charge on any atom is 0.250 e. The Hall–Kier alpha value is -14.4. The SMILES string of the molecule is CC(C)(C)[Si](C)(C)Oc1c2c(C(=O)[C@@]3(O)[C@@H](C(=O)C(O)c4c5c(O[Si](C)(C)C(C)(C)C)c(-c6ccccc6)c(-c6ccccc6)c4OCO5)O[C@@H](O)[C@@](O)(C(=O)c4cc(OCc5ccccc5)c(OCc5ccccc5)c(OCc5ccccc5)c4)[C@]3(O)C(=O)c3cc(OCc4ccccc4)c(OCc4ccccc4)c(OCc4ccccc4)c3)c(c(-c3ccccc3)c1-c1ccccc1)OCO2. The zero-order valence-corrected chi connectivity index (χ0v) is 80.2. The van der Waals surface area contributed by atoms with E-state index >= 15 is 34.5 Å². The molecule has 138 heavy (non-hydrogen) atoms. The van der Waals surface area contributed by atoms with Gasteiger partial charge < -0.3 is 86.5 Å². The molecule has 14 aromatic carbocycles. The first-order valence-corrected chi connectivity index (χ1v) is 51.5. The van der Waals surface area contributed by atoms with Crippen molar-refractivity contribution in [3.63, 3.8) is 0 Å². The van der Waals surface area contributed by atoms with Crippen molar-refractivity contribution in [2.45, 2.75) is 153 Å². The molecular weight excluding hydrogens is 1780 g/mol. The van der Waals surface area contributed by atoms with Gasteiger partial charge in [0.15, 0.2) is 64.2 Å². The van der Waals surface area contributed by atoms with Crippen LogP contribution in [-0.4, -0.2) is 108 Å². The number of aliphatic hydroxyl groups excluding tert-OH is 2. The fourth-order valence-electron chi connectivity index (χ4n) is 16.8. The van der Waals surface area contributed by atoms with Crippen LogP contribution in [-0.2, 0) is 49.2 Å². The quantitative estimate of drug-likeness (QED) is 0.0182. The number of ketones is 4. The van der Waals surface area contributed by atoms with Gasteiger partial charge in [0.2, 0.25) is 59.2 Å². The average molecular weight is 1890 g/mol. The molecule has 704 valence electrons. The van der Waals surface area contributed by atoms with E-state index in [1.807, 2.05) is 171 Å². The zero-order chi connectivity index (χ0) is 96.9. The first kappa shape index (κ1) is 95.3. The Bertz CT molecular complexity index is 6600. The minimum Gasteiger partial charge on any atom is -0.541 e. The molecule has 5 N–H and O–H groups in total. The summed E-state index contributed by atoms with van der Waals surface area (Å²) < 4.78 is 89.5. The molecule has 24 heteroatoms. The molecule has 0 amide bonds. The molecule has 0 spiro atoms. The Morgan fingerprint density at radius 1 is 0.348 bits per heavy atom. The monoisotopic (exact) mass is 1880 g/mol. The van der Waals surface area contributed by atoms with Crippen LogP contribution in [0.1, 0.15) is 118 Å². The number of hydrogen-bond acceptors (Lipinski definition) is 22. The van der Waals surface area contributed by atoms with Crippen LogP contribution in [0.25, 0.3) is 44.5 Å². The molecule has 0 aromatic heterocycles. The summed E-state index contributed by atoms with van der Waals surface area (Å²) in [5, 5.41) is 75.1. The summed E-state index contributed by atoms with van der Waals surface area (Å²) >= 11 is 0. The number of fused-ring (bicyclic) bond motifs is 4. The highest BCUT2D eigenvalue weighted by Gasteiger charge is 2.82. The summed E-state index contributed by atoms with van der Waals surface area (Å²) in [5.41, 5.74) is -10.7. The number of carbonyl (C=O) groups excluding carboxylic acids is 4. The third-order valence-electron chi connectivity index (χ3n) is 26.3. The van der Waals surface area contributed by atoms with Crippen LogP contribution in [0.15, 0.2) is 328 Å². The molecule has 1 unspecified atom stereocenters. The molecule has 0 saturated carbocycles. The van der Waals surface area contributed by atoms with Gasteiger partial charge in [-0.2, -0.15) is 0 Å².